The molecular formula is C23H20FN5O2. The van der Waals surface area contributed by atoms with Crippen molar-refractivity contribution in [1.82, 2.24) is 25.3 Å². The largest absolute Gasteiger partial charge is 0.494 e. The summed E-state index contributed by atoms with van der Waals surface area (Å²) in [4.78, 5) is 17.1. The minimum absolute atomic E-state index is 0.0808. The number of halogens is 1. The Kier molecular flexibility index (Phi) is 5.98. The number of pyridine rings is 1. The molecule has 156 valence electrons. The summed E-state index contributed by atoms with van der Waals surface area (Å²) in [5.74, 6) is -0.170. The quantitative estimate of drug-likeness (QED) is 0.495. The number of hydrogen-bond acceptors (Lipinski definition) is 5. The monoisotopic (exact) mass is 417 g/mol. The zero-order valence-corrected chi connectivity index (χ0v) is 16.8. The normalized spacial score (nSPS) is 10.6. The molecule has 0 radical (unpaired) electrons. The number of ether oxygens (including phenoxy) is 1. The van der Waals surface area contributed by atoms with Gasteiger partial charge in [0.1, 0.15) is 22.9 Å². The molecule has 0 unspecified atom stereocenters. The average Bonchev–Trinajstić information content (AvgIpc) is 3.24. The van der Waals surface area contributed by atoms with Crippen molar-refractivity contribution in [1.29, 1.82) is 0 Å². The van der Waals surface area contributed by atoms with Crippen molar-refractivity contribution in [3.8, 4) is 22.7 Å². The van der Waals surface area contributed by atoms with Gasteiger partial charge in [-0.15, -0.1) is 5.10 Å². The third kappa shape index (κ3) is 4.42. The maximum Gasteiger partial charge on any atom is 0.274 e. The van der Waals surface area contributed by atoms with E-state index in [-0.39, 0.29) is 17.9 Å². The number of nitrogens with zero attached hydrogens (tertiary/aromatic N) is 4. The standard InChI is InChI=1S/C23H20FN5O2/c1-2-31-18-9-5-7-16(13-18)14-26-23(30)21-22(17-8-6-12-25-15-17)29(28-27-21)20-11-4-3-10-19(20)24/h3-13,15H,2,14H2,1H3,(H,26,30). The van der Waals surface area contributed by atoms with E-state index in [1.165, 1.54) is 10.7 Å². The van der Waals surface area contributed by atoms with Crippen LogP contribution in [-0.2, 0) is 6.54 Å². The molecule has 0 saturated carbocycles. The molecule has 0 aliphatic heterocycles. The molecule has 0 saturated heterocycles. The summed E-state index contributed by atoms with van der Waals surface area (Å²) >= 11 is 0. The highest BCUT2D eigenvalue weighted by atomic mass is 19.1. The first-order valence-electron chi connectivity index (χ1n) is 9.78. The molecule has 0 spiro atoms. The number of amides is 1. The van der Waals surface area contributed by atoms with Crippen molar-refractivity contribution in [2.75, 3.05) is 6.61 Å². The summed E-state index contributed by atoms with van der Waals surface area (Å²) in [5, 5.41) is 11.0. The van der Waals surface area contributed by atoms with Crippen LogP contribution in [0.15, 0.2) is 73.1 Å². The Bertz CT molecular complexity index is 1190. The lowest BCUT2D eigenvalue weighted by Gasteiger charge is -2.10. The van der Waals surface area contributed by atoms with Crippen molar-refractivity contribution in [3.05, 3.63) is 90.1 Å². The Morgan fingerprint density at radius 3 is 2.77 bits per heavy atom. The summed E-state index contributed by atoms with van der Waals surface area (Å²) in [6.45, 7) is 2.75. The van der Waals surface area contributed by atoms with Crippen molar-refractivity contribution in [2.45, 2.75) is 13.5 Å². The van der Waals surface area contributed by atoms with Crippen LogP contribution in [0.4, 0.5) is 4.39 Å². The molecule has 8 heteroatoms. The van der Waals surface area contributed by atoms with Gasteiger partial charge in [-0.2, -0.15) is 0 Å². The van der Waals surface area contributed by atoms with E-state index in [9.17, 15) is 9.18 Å². The third-order valence-electron chi connectivity index (χ3n) is 4.56. The summed E-state index contributed by atoms with van der Waals surface area (Å²) in [6.07, 6.45) is 3.20. The lowest BCUT2D eigenvalue weighted by molar-refractivity contribution is 0.0946. The van der Waals surface area contributed by atoms with Gasteiger partial charge < -0.3 is 10.1 Å². The fourth-order valence-corrected chi connectivity index (χ4v) is 3.17. The van der Waals surface area contributed by atoms with Crippen LogP contribution in [0.1, 0.15) is 23.0 Å². The van der Waals surface area contributed by atoms with Gasteiger partial charge in [-0.1, -0.05) is 29.5 Å². The van der Waals surface area contributed by atoms with Gasteiger partial charge in [0.2, 0.25) is 0 Å². The zero-order chi connectivity index (χ0) is 21.6. The highest BCUT2D eigenvalue weighted by molar-refractivity contribution is 5.98. The van der Waals surface area contributed by atoms with Gasteiger partial charge >= 0.3 is 0 Å². The molecule has 0 atom stereocenters. The predicted molar refractivity (Wildman–Crippen MR) is 113 cm³/mol. The molecule has 31 heavy (non-hydrogen) atoms. The summed E-state index contributed by atoms with van der Waals surface area (Å²) < 4.78 is 21.2. The average molecular weight is 417 g/mol. The van der Waals surface area contributed by atoms with E-state index in [4.69, 9.17) is 4.74 Å². The molecule has 1 amide bonds. The van der Waals surface area contributed by atoms with Gasteiger partial charge in [-0.05, 0) is 48.9 Å². The number of nitrogens with one attached hydrogen (secondary N) is 1. The Balaban J connectivity index is 1.66. The van der Waals surface area contributed by atoms with E-state index in [0.717, 1.165) is 11.3 Å². The predicted octanol–water partition coefficient (Wildman–Crippen LogP) is 3.80. The van der Waals surface area contributed by atoms with Crippen molar-refractivity contribution in [2.24, 2.45) is 0 Å². The van der Waals surface area contributed by atoms with Crippen molar-refractivity contribution < 1.29 is 13.9 Å². The van der Waals surface area contributed by atoms with Crippen LogP contribution >= 0.6 is 0 Å². The second-order valence-corrected chi connectivity index (χ2v) is 6.65. The maximum absolute atomic E-state index is 14.4. The van der Waals surface area contributed by atoms with Gasteiger partial charge in [-0.25, -0.2) is 9.07 Å². The van der Waals surface area contributed by atoms with Crippen LogP contribution in [0.3, 0.4) is 0 Å². The number of carbonyl (C=O) groups excluding carboxylic acids is 1. The van der Waals surface area contributed by atoms with Crippen LogP contribution in [0, 0.1) is 5.82 Å². The van der Waals surface area contributed by atoms with E-state index in [0.29, 0.717) is 17.9 Å². The first-order chi connectivity index (χ1) is 15.2. The van der Waals surface area contributed by atoms with Crippen molar-refractivity contribution in [3.63, 3.8) is 0 Å². The molecule has 0 bridgehead atoms. The third-order valence-corrected chi connectivity index (χ3v) is 4.56. The number of carbonyl (C=O) groups is 1. The SMILES string of the molecule is CCOc1cccc(CNC(=O)c2nnn(-c3ccccc3F)c2-c2cccnc2)c1. The van der Waals surface area contributed by atoms with E-state index < -0.39 is 11.7 Å². The Morgan fingerprint density at radius 1 is 1.13 bits per heavy atom. The molecule has 7 nitrogen and oxygen atoms in total. The molecule has 2 heterocycles. The number of benzene rings is 2. The van der Waals surface area contributed by atoms with E-state index in [1.807, 2.05) is 31.2 Å². The summed E-state index contributed by atoms with van der Waals surface area (Å²) in [7, 11) is 0. The minimum atomic E-state index is -0.475. The molecule has 4 rings (SSSR count). The molecular weight excluding hydrogens is 397 g/mol. The molecule has 2 aromatic heterocycles. The van der Waals surface area contributed by atoms with E-state index in [2.05, 4.69) is 20.6 Å². The van der Waals surface area contributed by atoms with E-state index in [1.54, 1.807) is 42.7 Å². The fraction of sp³-hybridized carbons (Fsp3) is 0.130. The van der Waals surface area contributed by atoms with Crippen LogP contribution < -0.4 is 10.1 Å². The lowest BCUT2D eigenvalue weighted by Crippen LogP contribution is -2.24. The summed E-state index contributed by atoms with van der Waals surface area (Å²) in [6, 6.07) is 17.2. The van der Waals surface area contributed by atoms with Gasteiger partial charge in [0, 0.05) is 24.5 Å². The van der Waals surface area contributed by atoms with Crippen molar-refractivity contribution >= 4 is 5.91 Å². The lowest BCUT2D eigenvalue weighted by atomic mass is 10.1. The second kappa shape index (κ2) is 9.17. The number of para-hydroxylation sites is 1. The topological polar surface area (TPSA) is 81.9 Å². The summed E-state index contributed by atoms with van der Waals surface area (Å²) in [5.41, 5.74) is 2.11. The van der Waals surface area contributed by atoms with Gasteiger partial charge in [0.05, 0.1) is 6.61 Å². The molecule has 0 fully saturated rings. The van der Waals surface area contributed by atoms with Crippen LogP contribution in [-0.4, -0.2) is 32.5 Å². The molecule has 0 aliphatic carbocycles. The molecule has 4 aromatic rings. The Labute approximate surface area is 178 Å². The molecule has 2 aromatic carbocycles. The number of aromatic nitrogens is 4. The first kappa shape index (κ1) is 20.2. The molecule has 1 N–H and O–H groups in total. The Morgan fingerprint density at radius 2 is 2.00 bits per heavy atom. The zero-order valence-electron chi connectivity index (χ0n) is 16.8. The fourth-order valence-electron chi connectivity index (χ4n) is 3.17. The van der Waals surface area contributed by atoms with Crippen LogP contribution in [0.2, 0.25) is 0 Å². The minimum Gasteiger partial charge on any atom is -0.494 e. The van der Waals surface area contributed by atoms with E-state index >= 15 is 0 Å². The molecule has 0 aliphatic rings. The second-order valence-electron chi connectivity index (χ2n) is 6.65. The first-order valence-corrected chi connectivity index (χ1v) is 9.78. The van der Waals surface area contributed by atoms with Crippen LogP contribution in [0.25, 0.3) is 16.9 Å². The Hall–Kier alpha value is -4.07. The smallest absolute Gasteiger partial charge is 0.274 e. The highest BCUT2D eigenvalue weighted by Crippen LogP contribution is 2.26. The van der Waals surface area contributed by atoms with Gasteiger partial charge in [0.15, 0.2) is 5.69 Å². The van der Waals surface area contributed by atoms with Crippen LogP contribution in [0.5, 0.6) is 5.75 Å². The highest BCUT2D eigenvalue weighted by Gasteiger charge is 2.23. The number of rotatable bonds is 7. The van der Waals surface area contributed by atoms with Gasteiger partial charge in [0.25, 0.3) is 5.91 Å². The number of hydrogen-bond donors (Lipinski definition) is 1. The maximum atomic E-state index is 14.4. The van der Waals surface area contributed by atoms with Gasteiger partial charge in [-0.3, -0.25) is 9.78 Å².